The lowest BCUT2D eigenvalue weighted by atomic mass is 10.1. The van der Waals surface area contributed by atoms with E-state index in [4.69, 9.17) is 14.2 Å². The smallest absolute Gasteiger partial charge is 0.336 e. The van der Waals surface area contributed by atoms with Gasteiger partial charge in [0.05, 0.1) is 14.2 Å². The molecule has 0 saturated carbocycles. The minimum absolute atomic E-state index is 0.434. The maximum atomic E-state index is 11.9. The van der Waals surface area contributed by atoms with Gasteiger partial charge in [-0.2, -0.15) is 0 Å². The number of carbonyl (C=O) groups is 1. The summed E-state index contributed by atoms with van der Waals surface area (Å²) >= 11 is 0. The summed E-state index contributed by atoms with van der Waals surface area (Å²) in [5.41, 5.74) is 2.00. The van der Waals surface area contributed by atoms with Crippen molar-refractivity contribution in [3.05, 3.63) is 59.7 Å². The molecule has 0 amide bonds. The molecule has 0 aliphatic heterocycles. The third-order valence-corrected chi connectivity index (χ3v) is 3.52. The summed E-state index contributed by atoms with van der Waals surface area (Å²) in [6.07, 6.45) is 5.15. The Hall–Kier alpha value is -2.75. The second-order valence-corrected chi connectivity index (χ2v) is 5.26. The van der Waals surface area contributed by atoms with E-state index in [-0.39, 0.29) is 0 Å². The number of hydrogen-bond donors (Lipinski definition) is 0. The SMILES string of the molecule is CCCc1ccc(OC(=O)C=Cc2ccc(OC)cc2OC)cc1. The van der Waals surface area contributed by atoms with Gasteiger partial charge in [0.2, 0.25) is 0 Å². The fraction of sp³-hybridized carbons (Fsp3) is 0.250. The molecule has 126 valence electrons. The Bertz CT molecular complexity index is 702. The van der Waals surface area contributed by atoms with Crippen molar-refractivity contribution in [2.45, 2.75) is 19.8 Å². The van der Waals surface area contributed by atoms with E-state index < -0.39 is 5.97 Å². The van der Waals surface area contributed by atoms with Crippen molar-refractivity contribution in [3.8, 4) is 17.2 Å². The molecule has 0 heterocycles. The van der Waals surface area contributed by atoms with Gasteiger partial charge in [0.15, 0.2) is 0 Å². The lowest BCUT2D eigenvalue weighted by Gasteiger charge is -2.07. The van der Waals surface area contributed by atoms with Gasteiger partial charge in [0, 0.05) is 17.7 Å². The van der Waals surface area contributed by atoms with Crippen molar-refractivity contribution in [1.82, 2.24) is 0 Å². The molecule has 2 rings (SSSR count). The van der Waals surface area contributed by atoms with Gasteiger partial charge in [-0.05, 0) is 42.3 Å². The Morgan fingerprint density at radius 2 is 1.71 bits per heavy atom. The molecule has 0 unspecified atom stereocenters. The van der Waals surface area contributed by atoms with E-state index >= 15 is 0 Å². The quantitative estimate of drug-likeness (QED) is 0.433. The molecule has 4 heteroatoms. The van der Waals surface area contributed by atoms with Gasteiger partial charge >= 0.3 is 5.97 Å². The highest BCUT2D eigenvalue weighted by molar-refractivity contribution is 5.89. The number of benzene rings is 2. The van der Waals surface area contributed by atoms with Crippen molar-refractivity contribution < 1.29 is 19.0 Å². The van der Waals surface area contributed by atoms with Gasteiger partial charge in [-0.1, -0.05) is 25.5 Å². The average Bonchev–Trinajstić information content (AvgIpc) is 2.61. The summed E-state index contributed by atoms with van der Waals surface area (Å²) < 4.78 is 15.7. The Morgan fingerprint density at radius 3 is 2.33 bits per heavy atom. The normalized spacial score (nSPS) is 10.6. The molecule has 0 fully saturated rings. The number of ether oxygens (including phenoxy) is 3. The molecule has 0 aromatic heterocycles. The van der Waals surface area contributed by atoms with Crippen molar-refractivity contribution in [1.29, 1.82) is 0 Å². The van der Waals surface area contributed by atoms with E-state index in [0.29, 0.717) is 17.2 Å². The van der Waals surface area contributed by atoms with Crippen LogP contribution in [0.1, 0.15) is 24.5 Å². The van der Waals surface area contributed by atoms with E-state index in [1.807, 2.05) is 30.3 Å². The largest absolute Gasteiger partial charge is 0.497 e. The van der Waals surface area contributed by atoms with Crippen LogP contribution in [-0.4, -0.2) is 20.2 Å². The Labute approximate surface area is 142 Å². The van der Waals surface area contributed by atoms with E-state index in [1.165, 1.54) is 11.6 Å². The second-order valence-electron chi connectivity index (χ2n) is 5.26. The number of rotatable bonds is 7. The molecule has 24 heavy (non-hydrogen) atoms. The molecule has 2 aromatic carbocycles. The van der Waals surface area contributed by atoms with Crippen LogP contribution in [-0.2, 0) is 11.2 Å². The fourth-order valence-electron chi connectivity index (χ4n) is 2.28. The molecular weight excluding hydrogens is 304 g/mol. The van der Waals surface area contributed by atoms with Crippen molar-refractivity contribution in [2.24, 2.45) is 0 Å². The predicted molar refractivity (Wildman–Crippen MR) is 94.7 cm³/mol. The summed E-state index contributed by atoms with van der Waals surface area (Å²) in [6, 6.07) is 13.0. The van der Waals surface area contributed by atoms with Crippen LogP contribution in [0.5, 0.6) is 17.2 Å². The third-order valence-electron chi connectivity index (χ3n) is 3.52. The summed E-state index contributed by atoms with van der Waals surface area (Å²) in [7, 11) is 3.16. The van der Waals surface area contributed by atoms with Gasteiger partial charge in [-0.15, -0.1) is 0 Å². The molecule has 0 spiro atoms. The van der Waals surface area contributed by atoms with Crippen LogP contribution < -0.4 is 14.2 Å². The van der Waals surface area contributed by atoms with Crippen molar-refractivity contribution >= 4 is 12.0 Å². The van der Waals surface area contributed by atoms with Crippen LogP contribution in [0, 0.1) is 0 Å². The lowest BCUT2D eigenvalue weighted by Crippen LogP contribution is -2.03. The molecule has 0 atom stereocenters. The number of carbonyl (C=O) groups excluding carboxylic acids is 1. The van der Waals surface area contributed by atoms with Crippen LogP contribution in [0.2, 0.25) is 0 Å². The number of aryl methyl sites for hydroxylation is 1. The van der Waals surface area contributed by atoms with Crippen molar-refractivity contribution in [2.75, 3.05) is 14.2 Å². The number of esters is 1. The van der Waals surface area contributed by atoms with Gasteiger partial charge in [-0.3, -0.25) is 0 Å². The van der Waals surface area contributed by atoms with Gasteiger partial charge < -0.3 is 14.2 Å². The summed E-state index contributed by atoms with van der Waals surface area (Å²) in [4.78, 5) is 11.9. The van der Waals surface area contributed by atoms with E-state index in [0.717, 1.165) is 18.4 Å². The zero-order valence-corrected chi connectivity index (χ0v) is 14.2. The molecule has 0 aliphatic rings. The fourth-order valence-corrected chi connectivity index (χ4v) is 2.28. The Balaban J connectivity index is 2.02. The standard InChI is InChI=1S/C20H22O4/c1-4-5-15-6-10-17(11-7-15)24-20(21)13-9-16-8-12-18(22-2)14-19(16)23-3/h6-14H,4-5H2,1-3H3. The zero-order valence-electron chi connectivity index (χ0n) is 14.2. The Morgan fingerprint density at radius 1 is 1.00 bits per heavy atom. The Kier molecular flexibility index (Phi) is 6.43. The monoisotopic (exact) mass is 326 g/mol. The molecule has 0 N–H and O–H groups in total. The molecular formula is C20H22O4. The first-order valence-corrected chi connectivity index (χ1v) is 7.87. The first-order valence-electron chi connectivity index (χ1n) is 7.87. The maximum absolute atomic E-state index is 11.9. The van der Waals surface area contributed by atoms with Crippen LogP contribution in [0.3, 0.4) is 0 Å². The van der Waals surface area contributed by atoms with E-state index in [1.54, 1.807) is 32.4 Å². The van der Waals surface area contributed by atoms with E-state index in [2.05, 4.69) is 6.92 Å². The highest BCUT2D eigenvalue weighted by atomic mass is 16.5. The van der Waals surface area contributed by atoms with Gasteiger partial charge in [0.1, 0.15) is 17.2 Å². The molecule has 0 saturated heterocycles. The van der Waals surface area contributed by atoms with Crippen LogP contribution in [0.25, 0.3) is 6.08 Å². The minimum Gasteiger partial charge on any atom is -0.497 e. The first kappa shape index (κ1) is 17.6. The van der Waals surface area contributed by atoms with Gasteiger partial charge in [0.25, 0.3) is 0 Å². The zero-order chi connectivity index (χ0) is 17.4. The van der Waals surface area contributed by atoms with E-state index in [9.17, 15) is 4.79 Å². The summed E-state index contributed by atoms with van der Waals surface area (Å²) in [5, 5.41) is 0. The van der Waals surface area contributed by atoms with Gasteiger partial charge in [-0.25, -0.2) is 4.79 Å². The molecule has 0 bridgehead atoms. The van der Waals surface area contributed by atoms with Crippen LogP contribution in [0.15, 0.2) is 48.5 Å². The summed E-state index contributed by atoms with van der Waals surface area (Å²) in [6.45, 7) is 2.13. The lowest BCUT2D eigenvalue weighted by molar-refractivity contribution is -0.128. The first-order chi connectivity index (χ1) is 11.7. The predicted octanol–water partition coefficient (Wildman–Crippen LogP) is 4.28. The summed E-state index contributed by atoms with van der Waals surface area (Å²) in [5.74, 6) is 1.42. The highest BCUT2D eigenvalue weighted by Crippen LogP contribution is 2.25. The van der Waals surface area contributed by atoms with Crippen LogP contribution in [0.4, 0.5) is 0 Å². The topological polar surface area (TPSA) is 44.8 Å². The van der Waals surface area contributed by atoms with Crippen LogP contribution >= 0.6 is 0 Å². The number of hydrogen-bond acceptors (Lipinski definition) is 4. The highest BCUT2D eigenvalue weighted by Gasteiger charge is 2.04. The minimum atomic E-state index is -0.434. The molecule has 4 nitrogen and oxygen atoms in total. The maximum Gasteiger partial charge on any atom is 0.336 e. The second kappa shape index (κ2) is 8.77. The number of methoxy groups -OCH3 is 2. The third kappa shape index (κ3) is 4.88. The molecule has 0 aliphatic carbocycles. The molecule has 2 aromatic rings. The molecule has 0 radical (unpaired) electrons. The average molecular weight is 326 g/mol. The van der Waals surface area contributed by atoms with Crippen molar-refractivity contribution in [3.63, 3.8) is 0 Å².